The van der Waals surface area contributed by atoms with Crippen LogP contribution in [0.15, 0.2) is 59.8 Å². The second-order valence-corrected chi connectivity index (χ2v) is 5.68. The summed E-state index contributed by atoms with van der Waals surface area (Å²) < 4.78 is 15.9. The Morgan fingerprint density at radius 2 is 1.79 bits per heavy atom. The van der Waals surface area contributed by atoms with Crippen LogP contribution in [0.5, 0.6) is 23.5 Å². The molecule has 0 bridgehead atoms. The van der Waals surface area contributed by atoms with E-state index in [0.717, 1.165) is 5.56 Å². The fourth-order valence-corrected chi connectivity index (χ4v) is 2.31. The fourth-order valence-electron chi connectivity index (χ4n) is 2.31. The molecular formula is C20H19N5O4. The molecule has 1 aromatic carbocycles. The van der Waals surface area contributed by atoms with Gasteiger partial charge in [-0.1, -0.05) is 30.3 Å². The van der Waals surface area contributed by atoms with Crippen LogP contribution in [0.1, 0.15) is 11.3 Å². The second-order valence-electron chi connectivity index (χ2n) is 5.68. The van der Waals surface area contributed by atoms with E-state index in [4.69, 9.17) is 14.2 Å². The highest BCUT2D eigenvalue weighted by atomic mass is 16.5. The minimum atomic E-state index is -0.244. The Hall–Kier alpha value is -4.01. The second kappa shape index (κ2) is 9.79. The van der Waals surface area contributed by atoms with E-state index in [9.17, 15) is 4.79 Å². The van der Waals surface area contributed by atoms with Gasteiger partial charge in [-0.05, 0) is 17.7 Å². The van der Waals surface area contributed by atoms with E-state index in [1.807, 2.05) is 30.3 Å². The van der Waals surface area contributed by atoms with Gasteiger partial charge in [0.25, 0.3) is 0 Å². The topological polar surface area (TPSA) is 108 Å². The van der Waals surface area contributed by atoms with Crippen molar-refractivity contribution >= 4 is 12.1 Å². The summed E-state index contributed by atoms with van der Waals surface area (Å²) in [7, 11) is 2.96. The lowest BCUT2D eigenvalue weighted by atomic mass is 10.1. The van der Waals surface area contributed by atoms with Crippen LogP contribution in [0.3, 0.4) is 0 Å². The molecule has 1 N–H and O–H groups in total. The minimum Gasteiger partial charge on any atom is -0.481 e. The van der Waals surface area contributed by atoms with Gasteiger partial charge < -0.3 is 14.2 Å². The van der Waals surface area contributed by atoms with Gasteiger partial charge in [0.1, 0.15) is 5.69 Å². The van der Waals surface area contributed by atoms with Gasteiger partial charge >= 0.3 is 6.01 Å². The van der Waals surface area contributed by atoms with Crippen LogP contribution < -0.4 is 19.6 Å². The van der Waals surface area contributed by atoms with Crippen LogP contribution in [0.25, 0.3) is 0 Å². The number of methoxy groups -OCH3 is 2. The van der Waals surface area contributed by atoms with Gasteiger partial charge in [0.05, 0.1) is 32.9 Å². The van der Waals surface area contributed by atoms with Gasteiger partial charge in [0.2, 0.25) is 17.7 Å². The van der Waals surface area contributed by atoms with E-state index in [1.165, 1.54) is 26.5 Å². The van der Waals surface area contributed by atoms with Gasteiger partial charge in [0, 0.05) is 6.20 Å². The van der Waals surface area contributed by atoms with Crippen LogP contribution in [-0.4, -0.2) is 41.3 Å². The Balaban J connectivity index is 1.69. The Kier molecular flexibility index (Phi) is 6.66. The summed E-state index contributed by atoms with van der Waals surface area (Å²) in [6.07, 6.45) is 3.18. The lowest BCUT2D eigenvalue weighted by molar-refractivity contribution is -0.120. The number of carbonyl (C=O) groups is 1. The molecule has 2 aromatic heterocycles. The summed E-state index contributed by atoms with van der Waals surface area (Å²) in [5.41, 5.74) is 3.75. The van der Waals surface area contributed by atoms with Crippen molar-refractivity contribution in [1.82, 2.24) is 20.4 Å². The van der Waals surface area contributed by atoms with Crippen molar-refractivity contribution in [1.29, 1.82) is 0 Å². The SMILES string of the molecule is COc1cc(OC)nc(Oc2cccnc2C=NNC(=O)Cc2ccccc2)n1. The third-order valence-electron chi connectivity index (χ3n) is 3.66. The number of benzene rings is 1. The normalized spacial score (nSPS) is 10.6. The van der Waals surface area contributed by atoms with Gasteiger partial charge in [0.15, 0.2) is 5.75 Å². The molecule has 0 fully saturated rings. The van der Waals surface area contributed by atoms with Crippen LogP contribution >= 0.6 is 0 Å². The van der Waals surface area contributed by atoms with Gasteiger partial charge in [-0.2, -0.15) is 15.1 Å². The van der Waals surface area contributed by atoms with Crippen LogP contribution in [0.4, 0.5) is 0 Å². The summed E-state index contributed by atoms with van der Waals surface area (Å²) in [5, 5.41) is 3.95. The Labute approximate surface area is 167 Å². The molecule has 3 aromatic rings. The number of carbonyl (C=O) groups excluding carboxylic acids is 1. The third-order valence-corrected chi connectivity index (χ3v) is 3.66. The maximum absolute atomic E-state index is 12.0. The maximum Gasteiger partial charge on any atom is 0.328 e. The lowest BCUT2D eigenvalue weighted by Crippen LogP contribution is -2.19. The molecule has 9 nitrogen and oxygen atoms in total. The first-order valence-electron chi connectivity index (χ1n) is 8.63. The molecule has 0 aliphatic carbocycles. The number of nitrogens with zero attached hydrogens (tertiary/aromatic N) is 4. The predicted octanol–water partition coefficient (Wildman–Crippen LogP) is 2.37. The molecule has 148 valence electrons. The quantitative estimate of drug-likeness (QED) is 0.462. The number of pyridine rings is 1. The summed E-state index contributed by atoms with van der Waals surface area (Å²) >= 11 is 0. The van der Waals surface area contributed by atoms with Crippen molar-refractivity contribution in [3.05, 3.63) is 66.0 Å². The fraction of sp³-hybridized carbons (Fsp3) is 0.150. The average Bonchev–Trinajstić information content (AvgIpc) is 2.75. The van der Waals surface area contributed by atoms with Crippen molar-refractivity contribution < 1.29 is 19.0 Å². The molecule has 0 saturated heterocycles. The summed E-state index contributed by atoms with van der Waals surface area (Å²) in [4.78, 5) is 24.4. The number of rotatable bonds is 8. The van der Waals surface area contributed by atoms with E-state index >= 15 is 0 Å². The molecule has 0 aliphatic rings. The molecule has 3 rings (SSSR count). The number of hydrogen-bond acceptors (Lipinski definition) is 8. The third kappa shape index (κ3) is 5.73. The molecule has 0 saturated carbocycles. The van der Waals surface area contributed by atoms with E-state index in [2.05, 4.69) is 25.5 Å². The van der Waals surface area contributed by atoms with Crippen molar-refractivity contribution in [3.8, 4) is 23.5 Å². The minimum absolute atomic E-state index is 0.0250. The van der Waals surface area contributed by atoms with E-state index in [1.54, 1.807) is 18.3 Å². The largest absolute Gasteiger partial charge is 0.481 e. The Morgan fingerprint density at radius 3 is 2.48 bits per heavy atom. The van der Waals surface area contributed by atoms with E-state index < -0.39 is 0 Å². The highest BCUT2D eigenvalue weighted by Gasteiger charge is 2.10. The van der Waals surface area contributed by atoms with Crippen LogP contribution in [-0.2, 0) is 11.2 Å². The molecule has 29 heavy (non-hydrogen) atoms. The monoisotopic (exact) mass is 393 g/mol. The van der Waals surface area contributed by atoms with Crippen LogP contribution in [0.2, 0.25) is 0 Å². The number of ether oxygens (including phenoxy) is 3. The predicted molar refractivity (Wildman–Crippen MR) is 105 cm³/mol. The standard InChI is InChI=1S/C20H19N5O4/c1-27-18-12-19(28-2)24-20(23-18)29-16-9-6-10-21-15(16)13-22-25-17(26)11-14-7-4-3-5-8-14/h3-10,12-13H,11H2,1-2H3,(H,25,26). The lowest BCUT2D eigenvalue weighted by Gasteiger charge is -2.08. The van der Waals surface area contributed by atoms with Crippen molar-refractivity contribution in [2.24, 2.45) is 5.10 Å². The number of hydrazone groups is 1. The molecular weight excluding hydrogens is 374 g/mol. The first-order chi connectivity index (χ1) is 14.2. The van der Waals surface area contributed by atoms with E-state index in [-0.39, 0.29) is 18.3 Å². The molecule has 0 radical (unpaired) electrons. The molecule has 1 amide bonds. The number of nitrogens with one attached hydrogen (secondary N) is 1. The van der Waals surface area contributed by atoms with Gasteiger partial charge in [-0.15, -0.1) is 0 Å². The van der Waals surface area contributed by atoms with Crippen molar-refractivity contribution in [2.75, 3.05) is 14.2 Å². The number of aromatic nitrogens is 3. The Morgan fingerprint density at radius 1 is 1.07 bits per heavy atom. The highest BCUT2D eigenvalue weighted by Crippen LogP contribution is 2.24. The first kappa shape index (κ1) is 19.7. The van der Waals surface area contributed by atoms with Gasteiger partial charge in [-0.25, -0.2) is 5.43 Å². The highest BCUT2D eigenvalue weighted by molar-refractivity contribution is 5.84. The zero-order valence-corrected chi connectivity index (χ0v) is 15.9. The number of amides is 1. The van der Waals surface area contributed by atoms with Crippen molar-refractivity contribution in [2.45, 2.75) is 6.42 Å². The average molecular weight is 393 g/mol. The summed E-state index contributed by atoms with van der Waals surface area (Å²) in [5.74, 6) is 0.689. The van der Waals surface area contributed by atoms with Gasteiger partial charge in [-0.3, -0.25) is 9.78 Å². The van der Waals surface area contributed by atoms with Crippen molar-refractivity contribution in [3.63, 3.8) is 0 Å². The maximum atomic E-state index is 12.0. The summed E-state index contributed by atoms with van der Waals surface area (Å²) in [6.45, 7) is 0. The molecule has 2 heterocycles. The van der Waals surface area contributed by atoms with E-state index in [0.29, 0.717) is 23.2 Å². The zero-order valence-electron chi connectivity index (χ0n) is 15.9. The molecule has 0 unspecified atom stereocenters. The molecule has 9 heteroatoms. The zero-order chi connectivity index (χ0) is 20.5. The molecule has 0 atom stereocenters. The number of hydrogen-bond donors (Lipinski definition) is 1. The Bertz CT molecular complexity index is 973. The smallest absolute Gasteiger partial charge is 0.328 e. The first-order valence-corrected chi connectivity index (χ1v) is 8.63. The van der Waals surface area contributed by atoms with Crippen LogP contribution in [0, 0.1) is 0 Å². The molecule has 0 spiro atoms. The molecule has 0 aliphatic heterocycles. The summed E-state index contributed by atoms with van der Waals surface area (Å²) in [6, 6.07) is 14.3.